The number of allylic oxidation sites excluding steroid dienone is 8. The molecule has 0 aromatic carbocycles. The third kappa shape index (κ3) is 35.0. The number of esters is 2. The maximum atomic E-state index is 12.7. The fourth-order valence-corrected chi connectivity index (χ4v) is 6.14. The van der Waals surface area contributed by atoms with Crippen molar-refractivity contribution >= 4 is 17.9 Å². The van der Waals surface area contributed by atoms with Crippen LogP contribution in [0.1, 0.15) is 174 Å². The molecule has 2 atom stereocenters. The van der Waals surface area contributed by atoms with Crippen LogP contribution in [0.2, 0.25) is 0 Å². The van der Waals surface area contributed by atoms with Gasteiger partial charge >= 0.3 is 17.9 Å². The van der Waals surface area contributed by atoms with Gasteiger partial charge in [-0.3, -0.25) is 9.59 Å². The lowest BCUT2D eigenvalue weighted by Gasteiger charge is -2.31. The van der Waals surface area contributed by atoms with E-state index in [0.717, 1.165) is 57.8 Å². The predicted molar refractivity (Wildman–Crippen MR) is 224 cm³/mol. The van der Waals surface area contributed by atoms with E-state index in [1.165, 1.54) is 77.0 Å². The van der Waals surface area contributed by atoms with Gasteiger partial charge in [0.25, 0.3) is 0 Å². The molecule has 8 nitrogen and oxygen atoms in total. The summed E-state index contributed by atoms with van der Waals surface area (Å²) in [6.07, 6.45) is 43.0. The molecule has 0 rings (SSSR count). The van der Waals surface area contributed by atoms with E-state index in [1.807, 2.05) is 21.1 Å². The van der Waals surface area contributed by atoms with E-state index < -0.39 is 18.1 Å². The summed E-state index contributed by atoms with van der Waals surface area (Å²) in [5.41, 5.74) is 0. The molecule has 0 aromatic heterocycles. The maximum absolute atomic E-state index is 12.7. The first-order chi connectivity index (χ1) is 26.1. The highest BCUT2D eigenvalue weighted by Gasteiger charge is 2.31. The highest BCUT2D eigenvalue weighted by Crippen LogP contribution is 2.15. The van der Waals surface area contributed by atoms with E-state index >= 15 is 0 Å². The number of quaternary nitrogens is 1. The number of hydrogen-bond acceptors (Lipinski definition) is 6. The van der Waals surface area contributed by atoms with Crippen LogP contribution >= 0.6 is 0 Å². The van der Waals surface area contributed by atoms with Gasteiger partial charge in [0.2, 0.25) is 0 Å². The quantitative estimate of drug-likeness (QED) is 0.0289. The van der Waals surface area contributed by atoms with Gasteiger partial charge in [-0.05, 0) is 51.4 Å². The number of unbranched alkanes of at least 4 members (excludes halogenated alkanes) is 16. The van der Waals surface area contributed by atoms with Crippen molar-refractivity contribution in [3.05, 3.63) is 48.6 Å². The third-order valence-corrected chi connectivity index (χ3v) is 9.49. The number of carboxylic acid groups (broad SMARTS) is 1. The van der Waals surface area contributed by atoms with Gasteiger partial charge in [-0.1, -0.05) is 152 Å². The summed E-state index contributed by atoms with van der Waals surface area (Å²) in [6.45, 7) is 4.58. The lowest BCUT2D eigenvalue weighted by molar-refractivity contribution is -0.887. The van der Waals surface area contributed by atoms with E-state index in [2.05, 4.69) is 62.5 Å². The molecule has 1 N–H and O–H groups in total. The Morgan fingerprint density at radius 3 is 1.54 bits per heavy atom. The van der Waals surface area contributed by atoms with Crippen molar-refractivity contribution in [1.82, 2.24) is 0 Å². The highest BCUT2D eigenvalue weighted by atomic mass is 16.6. The minimum atomic E-state index is -0.882. The number of rotatable bonds is 38. The fourth-order valence-electron chi connectivity index (χ4n) is 6.14. The molecule has 2 unspecified atom stereocenters. The van der Waals surface area contributed by atoms with Crippen LogP contribution in [0.25, 0.3) is 0 Å². The molecule has 0 aromatic rings. The summed E-state index contributed by atoms with van der Waals surface area (Å²) >= 11 is 0. The minimum absolute atomic E-state index is 0.0451. The molecular formula is C46H82NO7+. The van der Waals surface area contributed by atoms with E-state index in [4.69, 9.17) is 14.2 Å². The molecule has 0 spiro atoms. The average molecular weight is 761 g/mol. The van der Waals surface area contributed by atoms with Crippen LogP contribution in [-0.2, 0) is 28.6 Å². The SMILES string of the molecule is CC/C=C\C/C=C\C/C=C\C/C=C\CCCCC(=O)OC(COCCC(C(=O)O)[N+](C)(C)C)COC(=O)CCCCCCCCCCCCCCCCC. The number of carbonyl (C=O) groups is 3. The smallest absolute Gasteiger partial charge is 0.362 e. The van der Waals surface area contributed by atoms with Gasteiger partial charge in [0.15, 0.2) is 12.1 Å². The van der Waals surface area contributed by atoms with E-state index in [9.17, 15) is 19.5 Å². The lowest BCUT2D eigenvalue weighted by Crippen LogP contribution is -2.50. The highest BCUT2D eigenvalue weighted by molar-refractivity contribution is 5.72. The van der Waals surface area contributed by atoms with Crippen LogP contribution in [0, 0.1) is 0 Å². The van der Waals surface area contributed by atoms with Crippen LogP contribution in [-0.4, -0.2) is 80.6 Å². The van der Waals surface area contributed by atoms with Crippen molar-refractivity contribution in [2.24, 2.45) is 0 Å². The van der Waals surface area contributed by atoms with Gasteiger partial charge in [-0.25, -0.2) is 4.79 Å². The number of aliphatic carboxylic acids is 1. The average Bonchev–Trinajstić information content (AvgIpc) is 3.12. The largest absolute Gasteiger partial charge is 0.477 e. The Morgan fingerprint density at radius 2 is 1.04 bits per heavy atom. The molecule has 0 aliphatic carbocycles. The number of hydrogen-bond donors (Lipinski definition) is 1. The molecule has 0 radical (unpaired) electrons. The van der Waals surface area contributed by atoms with Gasteiger partial charge in [0.1, 0.15) is 6.61 Å². The second kappa shape index (κ2) is 37.2. The van der Waals surface area contributed by atoms with Crippen molar-refractivity contribution in [2.75, 3.05) is 41.0 Å². The van der Waals surface area contributed by atoms with Gasteiger partial charge in [-0.2, -0.15) is 0 Å². The van der Waals surface area contributed by atoms with Crippen molar-refractivity contribution in [3.8, 4) is 0 Å². The predicted octanol–water partition coefficient (Wildman–Crippen LogP) is 11.6. The second-order valence-corrected chi connectivity index (χ2v) is 15.6. The van der Waals surface area contributed by atoms with Crippen molar-refractivity contribution in [3.63, 3.8) is 0 Å². The van der Waals surface area contributed by atoms with Gasteiger partial charge in [0, 0.05) is 19.3 Å². The number of ether oxygens (including phenoxy) is 3. The molecule has 0 fully saturated rings. The standard InChI is InChI=1S/C46H81NO7/c1-6-8-10-12-14-16-18-20-22-24-26-28-30-32-34-36-44(48)53-41-42(40-52-39-38-43(46(50)51)47(3,4)5)54-45(49)37-35-33-31-29-27-25-23-21-19-17-15-13-11-9-7-2/h9,11,15,17,21,23,27,29,42-43H,6-8,10,12-14,16,18-20,22,24-26,28,30-41H2,1-5H3/p+1/b11-9-,17-15-,23-21-,29-27-. The van der Waals surface area contributed by atoms with E-state index in [1.54, 1.807) is 0 Å². The Bertz CT molecular complexity index is 1030. The Morgan fingerprint density at radius 1 is 0.574 bits per heavy atom. The third-order valence-electron chi connectivity index (χ3n) is 9.49. The molecule has 8 heteroatoms. The number of carbonyl (C=O) groups excluding carboxylic acids is 2. The zero-order chi connectivity index (χ0) is 40.0. The Balaban J connectivity index is 4.42. The maximum Gasteiger partial charge on any atom is 0.362 e. The number of carboxylic acids is 1. The van der Waals surface area contributed by atoms with Crippen LogP contribution in [0.5, 0.6) is 0 Å². The van der Waals surface area contributed by atoms with Gasteiger partial charge in [-0.15, -0.1) is 0 Å². The summed E-state index contributed by atoms with van der Waals surface area (Å²) in [5.74, 6) is -1.52. The van der Waals surface area contributed by atoms with Crippen LogP contribution < -0.4 is 0 Å². The molecule has 0 heterocycles. The monoisotopic (exact) mass is 761 g/mol. The Hall–Kier alpha value is -2.71. The summed E-state index contributed by atoms with van der Waals surface area (Å²) < 4.78 is 17.2. The summed E-state index contributed by atoms with van der Waals surface area (Å²) in [5, 5.41) is 9.61. The Kier molecular flexibility index (Phi) is 35.4. The van der Waals surface area contributed by atoms with Crippen molar-refractivity contribution in [2.45, 2.75) is 187 Å². The zero-order valence-corrected chi connectivity index (χ0v) is 35.4. The summed E-state index contributed by atoms with van der Waals surface area (Å²) in [4.78, 5) is 36.9. The van der Waals surface area contributed by atoms with Gasteiger partial charge in [0.05, 0.1) is 34.4 Å². The normalized spacial score (nSPS) is 13.4. The number of likely N-dealkylation sites (N-methyl/N-ethyl adjacent to an activating group) is 1. The van der Waals surface area contributed by atoms with Crippen molar-refractivity contribution in [1.29, 1.82) is 0 Å². The minimum Gasteiger partial charge on any atom is -0.477 e. The fraction of sp³-hybridized carbons (Fsp3) is 0.761. The molecule has 0 aliphatic rings. The second-order valence-electron chi connectivity index (χ2n) is 15.6. The van der Waals surface area contributed by atoms with Crippen molar-refractivity contribution < 1.29 is 38.2 Å². The number of nitrogens with zero attached hydrogens (tertiary/aromatic N) is 1. The molecule has 0 saturated heterocycles. The molecule has 0 amide bonds. The zero-order valence-electron chi connectivity index (χ0n) is 35.4. The van der Waals surface area contributed by atoms with Crippen LogP contribution in [0.3, 0.4) is 0 Å². The molecule has 0 saturated carbocycles. The first-order valence-corrected chi connectivity index (χ1v) is 21.7. The van der Waals surface area contributed by atoms with Crippen LogP contribution in [0.4, 0.5) is 0 Å². The van der Waals surface area contributed by atoms with E-state index in [-0.39, 0.29) is 42.7 Å². The topological polar surface area (TPSA) is 99.1 Å². The summed E-state index contributed by atoms with van der Waals surface area (Å²) in [6, 6.07) is -0.621. The first-order valence-electron chi connectivity index (χ1n) is 21.7. The Labute approximate surface area is 331 Å². The van der Waals surface area contributed by atoms with Crippen LogP contribution in [0.15, 0.2) is 48.6 Å². The van der Waals surface area contributed by atoms with E-state index in [0.29, 0.717) is 19.3 Å². The molecule has 0 aliphatic heterocycles. The first kappa shape index (κ1) is 51.3. The molecule has 0 bridgehead atoms. The summed E-state index contributed by atoms with van der Waals surface area (Å²) in [7, 11) is 5.51. The van der Waals surface area contributed by atoms with Gasteiger partial charge < -0.3 is 23.8 Å². The molecular weight excluding hydrogens is 679 g/mol. The molecule has 312 valence electrons. The molecule has 54 heavy (non-hydrogen) atoms. The lowest BCUT2D eigenvalue weighted by atomic mass is 10.0.